The second-order valence-electron chi connectivity index (χ2n) is 5.67. The number of rotatable bonds is 7. The molecule has 0 atom stereocenters. The molecule has 0 heterocycles. The Bertz CT molecular complexity index is 719. The quantitative estimate of drug-likeness (QED) is 0.754. The van der Waals surface area contributed by atoms with Gasteiger partial charge in [0.05, 0.1) is 6.42 Å². The Morgan fingerprint density at radius 3 is 2.16 bits per heavy atom. The van der Waals surface area contributed by atoms with Crippen LogP contribution in [0.5, 0.6) is 0 Å². The largest absolute Gasteiger partial charge is 0.455 e. The fraction of sp³-hybridized carbons (Fsp3) is 0.300. The van der Waals surface area contributed by atoms with Crippen molar-refractivity contribution in [2.75, 3.05) is 11.9 Å². The maximum absolute atomic E-state index is 12.1. The van der Waals surface area contributed by atoms with Crippen LogP contribution in [0, 0.1) is 0 Å². The van der Waals surface area contributed by atoms with Crippen molar-refractivity contribution >= 4 is 29.2 Å². The smallest absolute Gasteiger partial charge is 0.310 e. The van der Waals surface area contributed by atoms with E-state index in [2.05, 4.69) is 5.32 Å². The van der Waals surface area contributed by atoms with Crippen LogP contribution in [0.25, 0.3) is 0 Å². The lowest BCUT2D eigenvalue weighted by Crippen LogP contribution is -2.23. The zero-order valence-electron chi connectivity index (χ0n) is 14.5. The molecule has 0 aliphatic carbocycles. The van der Waals surface area contributed by atoms with Crippen LogP contribution in [0.15, 0.2) is 42.5 Å². The number of hydrogen-bond acceptors (Lipinski definition) is 3. The number of anilines is 1. The van der Waals surface area contributed by atoms with E-state index in [1.807, 2.05) is 32.0 Å². The van der Waals surface area contributed by atoms with Crippen molar-refractivity contribution in [1.82, 2.24) is 0 Å². The van der Waals surface area contributed by atoms with E-state index in [1.165, 1.54) is 0 Å². The Morgan fingerprint density at radius 1 is 1.00 bits per heavy atom. The van der Waals surface area contributed by atoms with Crippen molar-refractivity contribution in [1.29, 1.82) is 0 Å². The summed E-state index contributed by atoms with van der Waals surface area (Å²) in [6.07, 6.45) is 1.75. The van der Waals surface area contributed by atoms with Crippen molar-refractivity contribution in [2.24, 2.45) is 0 Å². The molecule has 0 bridgehead atoms. The topological polar surface area (TPSA) is 55.4 Å². The van der Waals surface area contributed by atoms with E-state index >= 15 is 0 Å². The molecule has 2 aromatic rings. The highest BCUT2D eigenvalue weighted by Crippen LogP contribution is 2.22. The molecule has 2 rings (SSSR count). The summed E-state index contributed by atoms with van der Waals surface area (Å²) < 4.78 is 5.07. The standard InChI is InChI=1S/C20H22ClNO3/c1-3-15-6-5-7-16(4-2)20(15)22-18(23)13-25-19(24)12-14-8-10-17(21)11-9-14/h5-11H,3-4,12-13H2,1-2H3,(H,22,23). The van der Waals surface area contributed by atoms with Gasteiger partial charge >= 0.3 is 5.97 Å². The predicted molar refractivity (Wildman–Crippen MR) is 99.9 cm³/mol. The zero-order valence-corrected chi connectivity index (χ0v) is 15.2. The van der Waals surface area contributed by atoms with Gasteiger partial charge in [-0.05, 0) is 41.7 Å². The second-order valence-corrected chi connectivity index (χ2v) is 6.11. The summed E-state index contributed by atoms with van der Waals surface area (Å²) in [7, 11) is 0. The summed E-state index contributed by atoms with van der Waals surface area (Å²) in [6.45, 7) is 3.78. The Hall–Kier alpha value is -2.33. The fourth-order valence-corrected chi connectivity index (χ4v) is 2.67. The van der Waals surface area contributed by atoms with Crippen molar-refractivity contribution < 1.29 is 14.3 Å². The van der Waals surface area contributed by atoms with E-state index in [-0.39, 0.29) is 18.9 Å². The number of carbonyl (C=O) groups is 2. The first-order valence-corrected chi connectivity index (χ1v) is 8.72. The van der Waals surface area contributed by atoms with Crippen LogP contribution in [0.2, 0.25) is 5.02 Å². The zero-order chi connectivity index (χ0) is 18.2. The molecule has 0 radical (unpaired) electrons. The minimum absolute atomic E-state index is 0.107. The van der Waals surface area contributed by atoms with E-state index in [4.69, 9.17) is 16.3 Å². The minimum Gasteiger partial charge on any atom is -0.455 e. The number of aryl methyl sites for hydroxylation is 2. The maximum atomic E-state index is 12.1. The molecule has 0 spiro atoms. The monoisotopic (exact) mass is 359 g/mol. The van der Waals surface area contributed by atoms with Crippen LogP contribution in [0.3, 0.4) is 0 Å². The lowest BCUT2D eigenvalue weighted by Gasteiger charge is -2.14. The first-order valence-electron chi connectivity index (χ1n) is 8.34. The van der Waals surface area contributed by atoms with E-state index in [0.29, 0.717) is 5.02 Å². The summed E-state index contributed by atoms with van der Waals surface area (Å²) in [5, 5.41) is 3.48. The first-order chi connectivity index (χ1) is 12.0. The van der Waals surface area contributed by atoms with Gasteiger partial charge in [-0.15, -0.1) is 0 Å². The molecule has 0 aromatic heterocycles. The van der Waals surface area contributed by atoms with Crippen LogP contribution in [-0.4, -0.2) is 18.5 Å². The third kappa shape index (κ3) is 5.61. The van der Waals surface area contributed by atoms with Crippen LogP contribution in [-0.2, 0) is 33.6 Å². The number of benzene rings is 2. The van der Waals surface area contributed by atoms with Crippen LogP contribution in [0.4, 0.5) is 5.69 Å². The molecule has 4 nitrogen and oxygen atoms in total. The summed E-state index contributed by atoms with van der Waals surface area (Å²) in [5.41, 5.74) is 3.76. The van der Waals surface area contributed by atoms with Crippen LogP contribution >= 0.6 is 11.6 Å². The molecule has 0 saturated heterocycles. The molecule has 0 aliphatic heterocycles. The number of esters is 1. The minimum atomic E-state index is -0.447. The molecule has 0 unspecified atom stereocenters. The van der Waals surface area contributed by atoms with E-state index in [1.54, 1.807) is 24.3 Å². The highest BCUT2D eigenvalue weighted by molar-refractivity contribution is 6.30. The van der Waals surface area contributed by atoms with E-state index in [9.17, 15) is 9.59 Å². The molecule has 0 saturated carbocycles. The Kier molecular flexibility index (Phi) is 7.02. The van der Waals surface area contributed by atoms with E-state index < -0.39 is 5.97 Å². The molecule has 5 heteroatoms. The van der Waals surface area contributed by atoms with Gasteiger partial charge in [0, 0.05) is 10.7 Å². The van der Waals surface area contributed by atoms with Gasteiger partial charge in [0.25, 0.3) is 5.91 Å². The number of carbonyl (C=O) groups excluding carboxylic acids is 2. The lowest BCUT2D eigenvalue weighted by molar-refractivity contribution is -0.146. The highest BCUT2D eigenvalue weighted by Gasteiger charge is 2.12. The second kappa shape index (κ2) is 9.23. The maximum Gasteiger partial charge on any atom is 0.310 e. The lowest BCUT2D eigenvalue weighted by atomic mass is 10.0. The number of para-hydroxylation sites is 1. The average Bonchev–Trinajstić information content (AvgIpc) is 2.62. The molecule has 132 valence electrons. The van der Waals surface area contributed by atoms with Crippen molar-refractivity contribution in [3.05, 3.63) is 64.2 Å². The normalized spacial score (nSPS) is 10.4. The molecule has 1 N–H and O–H groups in total. The van der Waals surface area contributed by atoms with Crippen molar-refractivity contribution in [2.45, 2.75) is 33.1 Å². The molecule has 1 amide bonds. The molecular formula is C20H22ClNO3. The van der Waals surface area contributed by atoms with Gasteiger partial charge in [-0.2, -0.15) is 0 Å². The average molecular weight is 360 g/mol. The number of nitrogens with one attached hydrogen (secondary N) is 1. The Morgan fingerprint density at radius 2 is 1.60 bits per heavy atom. The summed E-state index contributed by atoms with van der Waals surface area (Å²) in [5.74, 6) is -0.781. The number of amides is 1. The Balaban J connectivity index is 1.90. The van der Waals surface area contributed by atoms with Crippen LogP contribution < -0.4 is 5.32 Å². The van der Waals surface area contributed by atoms with Gasteiger partial charge in [-0.25, -0.2) is 0 Å². The van der Waals surface area contributed by atoms with Gasteiger partial charge in [0.15, 0.2) is 6.61 Å². The number of halogens is 1. The fourth-order valence-electron chi connectivity index (χ4n) is 2.54. The predicted octanol–water partition coefficient (Wildman–Crippen LogP) is 4.19. The highest BCUT2D eigenvalue weighted by atomic mass is 35.5. The molecule has 25 heavy (non-hydrogen) atoms. The van der Waals surface area contributed by atoms with Gasteiger partial charge < -0.3 is 10.1 Å². The van der Waals surface area contributed by atoms with Gasteiger partial charge in [0.2, 0.25) is 0 Å². The SMILES string of the molecule is CCc1cccc(CC)c1NC(=O)COC(=O)Cc1ccc(Cl)cc1. The third-order valence-corrected chi connectivity index (χ3v) is 4.14. The Labute approximate surface area is 153 Å². The summed E-state index contributed by atoms with van der Waals surface area (Å²) in [4.78, 5) is 24.0. The van der Waals surface area contributed by atoms with Crippen LogP contribution in [0.1, 0.15) is 30.5 Å². The van der Waals surface area contributed by atoms with E-state index in [0.717, 1.165) is 35.2 Å². The molecule has 0 aliphatic rings. The number of ether oxygens (including phenoxy) is 1. The molecular weight excluding hydrogens is 338 g/mol. The molecule has 0 fully saturated rings. The van der Waals surface area contributed by atoms with Crippen molar-refractivity contribution in [3.63, 3.8) is 0 Å². The number of hydrogen-bond donors (Lipinski definition) is 1. The third-order valence-electron chi connectivity index (χ3n) is 3.89. The van der Waals surface area contributed by atoms with Crippen molar-refractivity contribution in [3.8, 4) is 0 Å². The van der Waals surface area contributed by atoms with Gasteiger partial charge in [-0.1, -0.05) is 55.8 Å². The van der Waals surface area contributed by atoms with Gasteiger partial charge in [0.1, 0.15) is 0 Å². The first kappa shape index (κ1) is 19.0. The summed E-state index contributed by atoms with van der Waals surface area (Å²) in [6, 6.07) is 12.9. The molecule has 2 aromatic carbocycles. The van der Waals surface area contributed by atoms with Gasteiger partial charge in [-0.3, -0.25) is 9.59 Å². The summed E-state index contributed by atoms with van der Waals surface area (Å²) >= 11 is 5.81.